The maximum absolute atomic E-state index is 12.0. The SMILES string of the molecule is CCC(C)C(C)C(C)(C)C(=O)N(C)C. The van der Waals surface area contributed by atoms with Crippen LogP contribution in [-0.4, -0.2) is 24.9 Å². The summed E-state index contributed by atoms with van der Waals surface area (Å²) in [5.41, 5.74) is -0.251. The minimum Gasteiger partial charge on any atom is -0.348 e. The van der Waals surface area contributed by atoms with Crippen molar-refractivity contribution in [2.24, 2.45) is 17.3 Å². The summed E-state index contributed by atoms with van der Waals surface area (Å²) in [6.07, 6.45) is 1.13. The van der Waals surface area contributed by atoms with Gasteiger partial charge in [-0.3, -0.25) is 4.79 Å². The molecule has 0 saturated carbocycles. The first kappa shape index (κ1) is 13.5. The zero-order chi connectivity index (χ0) is 11.5. The van der Waals surface area contributed by atoms with E-state index in [1.165, 1.54) is 0 Å². The van der Waals surface area contributed by atoms with Gasteiger partial charge in [-0.1, -0.05) is 41.0 Å². The Morgan fingerprint density at radius 3 is 2.00 bits per heavy atom. The summed E-state index contributed by atoms with van der Waals surface area (Å²) in [5.74, 6) is 1.24. The van der Waals surface area contributed by atoms with Crippen LogP contribution in [0.1, 0.15) is 41.0 Å². The Bertz CT molecular complexity index is 196. The molecule has 0 N–H and O–H groups in total. The molecule has 0 aliphatic heterocycles. The van der Waals surface area contributed by atoms with Crippen LogP contribution in [0.3, 0.4) is 0 Å². The second-order valence-electron chi connectivity index (χ2n) is 5.10. The van der Waals surface area contributed by atoms with Gasteiger partial charge < -0.3 is 4.90 Å². The lowest BCUT2D eigenvalue weighted by atomic mass is 9.72. The highest BCUT2D eigenvalue weighted by molar-refractivity contribution is 5.81. The fraction of sp³-hybridized carbons (Fsp3) is 0.917. The Morgan fingerprint density at radius 2 is 1.71 bits per heavy atom. The smallest absolute Gasteiger partial charge is 0.227 e. The summed E-state index contributed by atoms with van der Waals surface area (Å²) < 4.78 is 0. The highest BCUT2D eigenvalue weighted by Crippen LogP contribution is 2.34. The Balaban J connectivity index is 4.68. The van der Waals surface area contributed by atoms with Crippen molar-refractivity contribution >= 4 is 5.91 Å². The minimum atomic E-state index is -0.251. The number of hydrogen-bond donors (Lipinski definition) is 0. The van der Waals surface area contributed by atoms with E-state index in [0.29, 0.717) is 11.8 Å². The van der Waals surface area contributed by atoms with Gasteiger partial charge in [0.25, 0.3) is 0 Å². The van der Waals surface area contributed by atoms with Gasteiger partial charge in [-0.05, 0) is 11.8 Å². The van der Waals surface area contributed by atoms with Crippen LogP contribution in [0.2, 0.25) is 0 Å². The first-order valence-electron chi connectivity index (χ1n) is 5.46. The van der Waals surface area contributed by atoms with Crippen molar-refractivity contribution < 1.29 is 4.79 Å². The monoisotopic (exact) mass is 199 g/mol. The second-order valence-corrected chi connectivity index (χ2v) is 5.10. The van der Waals surface area contributed by atoms with E-state index < -0.39 is 0 Å². The zero-order valence-corrected chi connectivity index (χ0v) is 10.7. The van der Waals surface area contributed by atoms with E-state index in [1.54, 1.807) is 4.90 Å². The molecule has 0 aromatic rings. The van der Waals surface area contributed by atoms with Crippen molar-refractivity contribution in [3.05, 3.63) is 0 Å². The van der Waals surface area contributed by atoms with Gasteiger partial charge in [-0.2, -0.15) is 0 Å². The molecule has 0 aliphatic rings. The molecule has 84 valence electrons. The van der Waals surface area contributed by atoms with Crippen molar-refractivity contribution in [1.82, 2.24) is 4.90 Å². The quantitative estimate of drug-likeness (QED) is 0.682. The van der Waals surface area contributed by atoms with E-state index in [1.807, 2.05) is 27.9 Å². The minimum absolute atomic E-state index is 0.227. The average molecular weight is 199 g/mol. The van der Waals surface area contributed by atoms with E-state index in [4.69, 9.17) is 0 Å². The molecule has 0 radical (unpaired) electrons. The van der Waals surface area contributed by atoms with Crippen molar-refractivity contribution in [1.29, 1.82) is 0 Å². The van der Waals surface area contributed by atoms with E-state index in [9.17, 15) is 4.79 Å². The third-order valence-corrected chi connectivity index (χ3v) is 3.59. The molecule has 2 atom stereocenters. The lowest BCUT2D eigenvalue weighted by Gasteiger charge is -2.36. The summed E-state index contributed by atoms with van der Waals surface area (Å²) in [6.45, 7) is 10.7. The molecule has 0 fully saturated rings. The topological polar surface area (TPSA) is 20.3 Å². The van der Waals surface area contributed by atoms with Gasteiger partial charge in [0, 0.05) is 19.5 Å². The predicted octanol–water partition coefficient (Wildman–Crippen LogP) is 2.78. The van der Waals surface area contributed by atoms with Crippen LogP contribution in [0, 0.1) is 17.3 Å². The summed E-state index contributed by atoms with van der Waals surface area (Å²) in [4.78, 5) is 13.6. The molecule has 0 aromatic heterocycles. The van der Waals surface area contributed by atoms with Gasteiger partial charge in [0.05, 0.1) is 0 Å². The van der Waals surface area contributed by atoms with E-state index in [2.05, 4.69) is 20.8 Å². The Morgan fingerprint density at radius 1 is 1.29 bits per heavy atom. The molecule has 0 rings (SSSR count). The number of carbonyl (C=O) groups excluding carboxylic acids is 1. The normalized spacial score (nSPS) is 16.2. The third kappa shape index (κ3) is 2.73. The Hall–Kier alpha value is -0.530. The van der Waals surface area contributed by atoms with Crippen molar-refractivity contribution in [3.63, 3.8) is 0 Å². The molecular formula is C12H25NO. The second kappa shape index (κ2) is 4.81. The fourth-order valence-corrected chi connectivity index (χ4v) is 1.84. The molecule has 0 bridgehead atoms. The standard InChI is InChI=1S/C12H25NO/c1-8-9(2)10(3)12(4,5)11(14)13(6)7/h9-10H,8H2,1-7H3. The van der Waals surface area contributed by atoms with E-state index in [-0.39, 0.29) is 11.3 Å². The molecular weight excluding hydrogens is 174 g/mol. The number of amides is 1. The van der Waals surface area contributed by atoms with Gasteiger partial charge in [0.1, 0.15) is 0 Å². The summed E-state index contributed by atoms with van der Waals surface area (Å²) >= 11 is 0. The lowest BCUT2D eigenvalue weighted by molar-refractivity contribution is -0.141. The van der Waals surface area contributed by atoms with Crippen molar-refractivity contribution in [2.45, 2.75) is 41.0 Å². The number of rotatable bonds is 4. The molecule has 2 nitrogen and oxygen atoms in total. The van der Waals surface area contributed by atoms with Crippen LogP contribution in [0.4, 0.5) is 0 Å². The highest BCUT2D eigenvalue weighted by Gasteiger charge is 2.37. The van der Waals surface area contributed by atoms with E-state index in [0.717, 1.165) is 6.42 Å². The molecule has 2 unspecified atom stereocenters. The van der Waals surface area contributed by atoms with Gasteiger partial charge in [0.15, 0.2) is 0 Å². The van der Waals surface area contributed by atoms with Crippen LogP contribution in [0.5, 0.6) is 0 Å². The number of carbonyl (C=O) groups is 1. The maximum Gasteiger partial charge on any atom is 0.227 e. The van der Waals surface area contributed by atoms with Crippen LogP contribution in [0.25, 0.3) is 0 Å². The van der Waals surface area contributed by atoms with Gasteiger partial charge >= 0.3 is 0 Å². The fourth-order valence-electron chi connectivity index (χ4n) is 1.84. The Kier molecular flexibility index (Phi) is 4.63. The van der Waals surface area contributed by atoms with Gasteiger partial charge in [0.2, 0.25) is 5.91 Å². The number of nitrogens with zero attached hydrogens (tertiary/aromatic N) is 1. The van der Waals surface area contributed by atoms with E-state index >= 15 is 0 Å². The molecule has 0 aromatic carbocycles. The molecule has 0 saturated heterocycles. The van der Waals surface area contributed by atoms with Gasteiger partial charge in [-0.15, -0.1) is 0 Å². The molecule has 0 spiro atoms. The lowest BCUT2D eigenvalue weighted by Crippen LogP contribution is -2.42. The summed E-state index contributed by atoms with van der Waals surface area (Å²) in [6, 6.07) is 0. The van der Waals surface area contributed by atoms with Crippen LogP contribution < -0.4 is 0 Å². The first-order valence-corrected chi connectivity index (χ1v) is 5.46. The summed E-state index contributed by atoms with van der Waals surface area (Å²) in [5, 5.41) is 0. The average Bonchev–Trinajstić information content (AvgIpc) is 2.13. The first-order chi connectivity index (χ1) is 6.25. The van der Waals surface area contributed by atoms with Crippen molar-refractivity contribution in [2.75, 3.05) is 14.1 Å². The van der Waals surface area contributed by atoms with Crippen LogP contribution in [0.15, 0.2) is 0 Å². The predicted molar refractivity (Wildman–Crippen MR) is 61.1 cm³/mol. The third-order valence-electron chi connectivity index (χ3n) is 3.59. The molecule has 14 heavy (non-hydrogen) atoms. The molecule has 0 aliphatic carbocycles. The van der Waals surface area contributed by atoms with Gasteiger partial charge in [-0.25, -0.2) is 0 Å². The summed E-state index contributed by atoms with van der Waals surface area (Å²) in [7, 11) is 3.65. The van der Waals surface area contributed by atoms with Crippen LogP contribution in [-0.2, 0) is 4.79 Å². The number of hydrogen-bond acceptors (Lipinski definition) is 1. The Labute approximate surface area is 88.7 Å². The van der Waals surface area contributed by atoms with Crippen LogP contribution >= 0.6 is 0 Å². The molecule has 2 heteroatoms. The maximum atomic E-state index is 12.0. The largest absolute Gasteiger partial charge is 0.348 e. The molecule has 0 heterocycles. The molecule has 1 amide bonds. The highest BCUT2D eigenvalue weighted by atomic mass is 16.2. The zero-order valence-electron chi connectivity index (χ0n) is 10.7. The van der Waals surface area contributed by atoms with Crippen molar-refractivity contribution in [3.8, 4) is 0 Å².